The van der Waals surface area contributed by atoms with Gasteiger partial charge in [0.2, 0.25) is 5.88 Å². The fraction of sp³-hybridized carbons (Fsp3) is 0.667. The number of unbranched alkanes of at least 4 members (excludes halogenated alkanes) is 1. The molecule has 0 spiro atoms. The maximum atomic E-state index is 11.4. The Morgan fingerprint density at radius 1 is 1.53 bits per heavy atom. The van der Waals surface area contributed by atoms with Crippen LogP contribution >= 0.6 is 23.6 Å². The second kappa shape index (κ2) is 6.91. The molecule has 0 aromatic carbocycles. The Morgan fingerprint density at radius 3 is 2.74 bits per heavy atom. The maximum absolute atomic E-state index is 11.4. The van der Waals surface area contributed by atoms with Gasteiger partial charge < -0.3 is 15.2 Å². The van der Waals surface area contributed by atoms with Crippen molar-refractivity contribution in [2.75, 3.05) is 6.54 Å². The Morgan fingerprint density at radius 2 is 2.21 bits per heavy atom. The first-order valence-corrected chi connectivity index (χ1v) is 7.42. The molecule has 7 heteroatoms. The fourth-order valence-corrected chi connectivity index (χ4v) is 2.40. The number of aromatic hydroxyl groups is 1. The highest BCUT2D eigenvalue weighted by molar-refractivity contribution is 7.73. The van der Waals surface area contributed by atoms with Crippen molar-refractivity contribution in [3.63, 3.8) is 0 Å². The van der Waals surface area contributed by atoms with Crippen molar-refractivity contribution >= 4 is 29.6 Å². The van der Waals surface area contributed by atoms with Gasteiger partial charge in [-0.25, -0.2) is 4.79 Å². The second-order valence-electron chi connectivity index (χ2n) is 5.15. The molecular weight excluding hydrogens is 284 g/mol. The Hall–Kier alpha value is -1.08. The van der Waals surface area contributed by atoms with E-state index in [1.165, 1.54) is 11.3 Å². The molecule has 1 heterocycles. The van der Waals surface area contributed by atoms with Gasteiger partial charge in [0.25, 0.3) is 0 Å². The molecule has 1 amide bonds. The Kier molecular flexibility index (Phi) is 5.81. The van der Waals surface area contributed by atoms with E-state index in [0.717, 1.165) is 12.8 Å². The van der Waals surface area contributed by atoms with E-state index >= 15 is 0 Å². The van der Waals surface area contributed by atoms with E-state index in [2.05, 4.69) is 5.32 Å². The van der Waals surface area contributed by atoms with E-state index in [1.54, 1.807) is 9.95 Å². The normalized spacial score (nSPS) is 11.3. The van der Waals surface area contributed by atoms with E-state index in [0.29, 0.717) is 17.0 Å². The van der Waals surface area contributed by atoms with Crippen LogP contribution in [-0.2, 0) is 11.3 Å². The van der Waals surface area contributed by atoms with Gasteiger partial charge in [-0.05, 0) is 45.8 Å². The lowest BCUT2D eigenvalue weighted by Gasteiger charge is -2.19. The van der Waals surface area contributed by atoms with Crippen molar-refractivity contribution in [2.45, 2.75) is 45.8 Å². The van der Waals surface area contributed by atoms with Gasteiger partial charge in [0.05, 0.1) is 5.38 Å². The zero-order chi connectivity index (χ0) is 14.5. The van der Waals surface area contributed by atoms with Crippen molar-refractivity contribution < 1.29 is 14.6 Å². The summed E-state index contributed by atoms with van der Waals surface area (Å²) in [5.41, 5.74) is -0.473. The molecule has 2 N–H and O–H groups in total. The average Bonchev–Trinajstić information content (AvgIpc) is 2.57. The van der Waals surface area contributed by atoms with Crippen molar-refractivity contribution in [1.29, 1.82) is 0 Å². The Balaban J connectivity index is 2.19. The summed E-state index contributed by atoms with van der Waals surface area (Å²) in [5.74, 6) is 0.204. The number of aromatic nitrogens is 1. The number of nitrogens with zero attached hydrogens (tertiary/aromatic N) is 1. The number of ether oxygens (including phenoxy) is 1. The molecule has 0 saturated carbocycles. The summed E-state index contributed by atoms with van der Waals surface area (Å²) in [6, 6.07) is 0. The number of hydrogen-bond acceptors (Lipinski definition) is 5. The Bertz CT molecular complexity index is 474. The van der Waals surface area contributed by atoms with E-state index < -0.39 is 11.7 Å². The zero-order valence-electron chi connectivity index (χ0n) is 11.4. The summed E-state index contributed by atoms with van der Waals surface area (Å²) in [6.45, 7) is 6.69. The minimum absolute atomic E-state index is 0.204. The summed E-state index contributed by atoms with van der Waals surface area (Å²) >= 11 is 6.43. The van der Waals surface area contributed by atoms with Gasteiger partial charge in [-0.3, -0.25) is 4.57 Å². The molecule has 1 rings (SSSR count). The number of alkyl carbamates (subject to hydrolysis) is 1. The van der Waals surface area contributed by atoms with Gasteiger partial charge in [0.1, 0.15) is 5.60 Å². The van der Waals surface area contributed by atoms with E-state index in [-0.39, 0.29) is 5.88 Å². The summed E-state index contributed by atoms with van der Waals surface area (Å²) < 4.78 is 7.47. The van der Waals surface area contributed by atoms with Crippen molar-refractivity contribution in [3.05, 3.63) is 9.33 Å². The monoisotopic (exact) mass is 304 g/mol. The first-order chi connectivity index (χ1) is 8.79. The first kappa shape index (κ1) is 16.0. The number of thiazole rings is 1. The standard InChI is InChI=1S/C12H20N2O3S2/c1-12(2,3)17-10(16)13-6-4-5-7-14-9(15)8-19-11(14)18/h8,15H,4-7H2,1-3H3,(H,13,16). The first-order valence-electron chi connectivity index (χ1n) is 6.14. The van der Waals surface area contributed by atoms with Crippen LogP contribution in [0.3, 0.4) is 0 Å². The average molecular weight is 304 g/mol. The molecule has 0 bridgehead atoms. The molecule has 0 radical (unpaired) electrons. The summed E-state index contributed by atoms with van der Waals surface area (Å²) in [4.78, 5) is 11.4. The third-order valence-corrected chi connectivity index (χ3v) is 3.50. The molecule has 108 valence electrons. The minimum atomic E-state index is -0.473. The van der Waals surface area contributed by atoms with Crippen molar-refractivity contribution in [3.8, 4) is 5.88 Å². The molecule has 0 unspecified atom stereocenters. The smallest absolute Gasteiger partial charge is 0.407 e. The van der Waals surface area contributed by atoms with E-state index in [4.69, 9.17) is 17.0 Å². The molecule has 1 aromatic heterocycles. The lowest BCUT2D eigenvalue weighted by molar-refractivity contribution is 0.0527. The highest BCUT2D eigenvalue weighted by Crippen LogP contribution is 2.17. The van der Waals surface area contributed by atoms with Gasteiger partial charge in [-0.2, -0.15) is 0 Å². The maximum Gasteiger partial charge on any atom is 0.407 e. The number of amides is 1. The third kappa shape index (κ3) is 6.07. The molecule has 0 saturated heterocycles. The lowest BCUT2D eigenvalue weighted by atomic mass is 10.2. The molecule has 0 aliphatic heterocycles. The summed E-state index contributed by atoms with van der Waals surface area (Å²) in [6.07, 6.45) is 1.23. The van der Waals surface area contributed by atoms with E-state index in [9.17, 15) is 9.90 Å². The van der Waals surface area contributed by atoms with Crippen LogP contribution in [0.2, 0.25) is 0 Å². The van der Waals surface area contributed by atoms with Crippen molar-refractivity contribution in [2.24, 2.45) is 0 Å². The van der Waals surface area contributed by atoms with Crippen LogP contribution in [0.1, 0.15) is 33.6 Å². The van der Waals surface area contributed by atoms with Gasteiger partial charge in [-0.1, -0.05) is 0 Å². The van der Waals surface area contributed by atoms with Crippen LogP contribution in [0.15, 0.2) is 5.38 Å². The molecule has 0 aliphatic rings. The van der Waals surface area contributed by atoms with Crippen LogP contribution in [0, 0.1) is 3.95 Å². The SMILES string of the molecule is CC(C)(C)OC(=O)NCCCCn1c(O)csc1=S. The van der Waals surface area contributed by atoms with Gasteiger partial charge in [0, 0.05) is 13.1 Å². The van der Waals surface area contributed by atoms with Gasteiger partial charge in [0.15, 0.2) is 3.95 Å². The highest BCUT2D eigenvalue weighted by Gasteiger charge is 2.15. The number of carbonyl (C=O) groups is 1. The summed E-state index contributed by atoms with van der Waals surface area (Å²) in [5, 5.41) is 13.8. The number of rotatable bonds is 5. The molecule has 1 aromatic rings. The Labute approximate surface area is 122 Å². The molecule has 0 aliphatic carbocycles. The van der Waals surface area contributed by atoms with Crippen LogP contribution in [0.4, 0.5) is 4.79 Å². The fourth-order valence-electron chi connectivity index (χ4n) is 1.43. The van der Waals surface area contributed by atoms with Crippen molar-refractivity contribution in [1.82, 2.24) is 9.88 Å². The number of hydrogen-bond donors (Lipinski definition) is 2. The van der Waals surface area contributed by atoms with Crippen LogP contribution in [-0.4, -0.2) is 27.9 Å². The van der Waals surface area contributed by atoms with E-state index in [1.807, 2.05) is 20.8 Å². The van der Waals surface area contributed by atoms with Gasteiger partial charge in [-0.15, -0.1) is 11.3 Å². The predicted molar refractivity (Wildman–Crippen MR) is 78.3 cm³/mol. The predicted octanol–water partition coefficient (Wildman–Crippen LogP) is 3.29. The minimum Gasteiger partial charge on any atom is -0.494 e. The lowest BCUT2D eigenvalue weighted by Crippen LogP contribution is -2.33. The molecule has 19 heavy (non-hydrogen) atoms. The molecule has 5 nitrogen and oxygen atoms in total. The highest BCUT2D eigenvalue weighted by atomic mass is 32.1. The van der Waals surface area contributed by atoms with Crippen LogP contribution in [0.25, 0.3) is 0 Å². The van der Waals surface area contributed by atoms with Gasteiger partial charge >= 0.3 is 6.09 Å². The quantitative estimate of drug-likeness (QED) is 0.647. The summed E-state index contributed by atoms with van der Waals surface area (Å²) in [7, 11) is 0. The molecule has 0 fully saturated rings. The van der Waals surface area contributed by atoms with Crippen LogP contribution < -0.4 is 5.32 Å². The third-order valence-electron chi connectivity index (χ3n) is 2.24. The largest absolute Gasteiger partial charge is 0.494 e. The zero-order valence-corrected chi connectivity index (χ0v) is 13.1. The van der Waals surface area contributed by atoms with Crippen LogP contribution in [0.5, 0.6) is 5.88 Å². The molecular formula is C12H20N2O3S2. The number of nitrogens with one attached hydrogen (secondary N) is 1. The molecule has 0 atom stereocenters. The topological polar surface area (TPSA) is 63.5 Å². The second-order valence-corrected chi connectivity index (χ2v) is 6.65. The number of carbonyl (C=O) groups excluding carboxylic acids is 1.